The highest BCUT2D eigenvalue weighted by molar-refractivity contribution is 6.03. The third-order valence-corrected chi connectivity index (χ3v) is 4.01. The summed E-state index contributed by atoms with van der Waals surface area (Å²) in [5, 5.41) is 5.48. The number of carbonyl (C=O) groups excluding carboxylic acids is 2. The lowest BCUT2D eigenvalue weighted by Gasteiger charge is -2.22. The third-order valence-electron chi connectivity index (χ3n) is 4.01. The molecule has 3 aromatic rings. The summed E-state index contributed by atoms with van der Waals surface area (Å²) in [5.41, 5.74) is 2.53. The fourth-order valence-corrected chi connectivity index (χ4v) is 2.74. The van der Waals surface area contributed by atoms with Gasteiger partial charge in [-0.3, -0.25) is 9.59 Å². The molecule has 7 nitrogen and oxygen atoms in total. The summed E-state index contributed by atoms with van der Waals surface area (Å²) in [6, 6.07) is 18.4. The van der Waals surface area contributed by atoms with Crippen molar-refractivity contribution in [1.82, 2.24) is 9.97 Å². The number of hydrogen-bond donors (Lipinski definition) is 2. The highest BCUT2D eigenvalue weighted by Crippen LogP contribution is 2.23. The number of hydrogen-bond acceptors (Lipinski definition) is 5. The number of nitrogens with zero attached hydrogens (tertiary/aromatic N) is 3. The van der Waals surface area contributed by atoms with E-state index in [9.17, 15) is 9.59 Å². The number of benzene rings is 2. The van der Waals surface area contributed by atoms with Gasteiger partial charge in [-0.25, -0.2) is 9.97 Å². The minimum atomic E-state index is -0.333. The van der Waals surface area contributed by atoms with E-state index in [1.54, 1.807) is 30.3 Å². The standard InChI is InChI=1S/C21H21N5O2/c1-3-26(18-7-5-4-6-8-18)20-13-19(22-14-23-20)21(28)25-17-11-9-16(10-12-17)24-15(2)27/h4-14H,3H2,1-2H3,(H,24,27)(H,25,28). The Kier molecular flexibility index (Phi) is 5.96. The Labute approximate surface area is 163 Å². The monoisotopic (exact) mass is 375 g/mol. The van der Waals surface area contributed by atoms with Gasteiger partial charge in [0.2, 0.25) is 5.91 Å². The van der Waals surface area contributed by atoms with Crippen molar-refractivity contribution < 1.29 is 9.59 Å². The number of para-hydroxylation sites is 1. The van der Waals surface area contributed by atoms with Crippen LogP contribution in [0.3, 0.4) is 0 Å². The molecule has 0 bridgehead atoms. The topological polar surface area (TPSA) is 87.2 Å². The van der Waals surface area contributed by atoms with Crippen LogP contribution in [0.4, 0.5) is 22.9 Å². The van der Waals surface area contributed by atoms with E-state index in [2.05, 4.69) is 20.6 Å². The quantitative estimate of drug-likeness (QED) is 0.683. The molecule has 0 fully saturated rings. The maximum Gasteiger partial charge on any atom is 0.274 e. The van der Waals surface area contributed by atoms with Crippen LogP contribution in [-0.2, 0) is 4.79 Å². The van der Waals surface area contributed by atoms with Crippen LogP contribution in [0.25, 0.3) is 0 Å². The van der Waals surface area contributed by atoms with Crippen LogP contribution in [0.2, 0.25) is 0 Å². The molecule has 2 N–H and O–H groups in total. The Morgan fingerprint density at radius 2 is 1.57 bits per heavy atom. The van der Waals surface area contributed by atoms with Gasteiger partial charge in [0, 0.05) is 36.6 Å². The first-order valence-electron chi connectivity index (χ1n) is 8.90. The van der Waals surface area contributed by atoms with E-state index in [0.29, 0.717) is 23.7 Å². The predicted octanol–water partition coefficient (Wildman–Crippen LogP) is 3.85. The number of amides is 2. The average molecular weight is 375 g/mol. The third kappa shape index (κ3) is 4.70. The average Bonchev–Trinajstić information content (AvgIpc) is 2.71. The zero-order valence-electron chi connectivity index (χ0n) is 15.7. The summed E-state index contributed by atoms with van der Waals surface area (Å²) in [7, 11) is 0. The number of carbonyl (C=O) groups is 2. The molecule has 7 heteroatoms. The van der Waals surface area contributed by atoms with E-state index >= 15 is 0 Å². The molecule has 1 heterocycles. The maximum atomic E-state index is 12.6. The fourth-order valence-electron chi connectivity index (χ4n) is 2.74. The molecule has 2 aromatic carbocycles. The van der Waals surface area contributed by atoms with E-state index in [1.165, 1.54) is 13.3 Å². The number of nitrogens with one attached hydrogen (secondary N) is 2. The van der Waals surface area contributed by atoms with Crippen LogP contribution in [0.5, 0.6) is 0 Å². The van der Waals surface area contributed by atoms with E-state index < -0.39 is 0 Å². The Hall–Kier alpha value is -3.74. The van der Waals surface area contributed by atoms with Crippen molar-refractivity contribution in [2.75, 3.05) is 22.1 Å². The maximum absolute atomic E-state index is 12.6. The molecule has 0 spiro atoms. The molecule has 0 atom stereocenters. The highest BCUT2D eigenvalue weighted by atomic mass is 16.2. The minimum absolute atomic E-state index is 0.149. The minimum Gasteiger partial charge on any atom is -0.327 e. The molecule has 0 unspecified atom stereocenters. The molecule has 0 saturated heterocycles. The van der Waals surface area contributed by atoms with Crippen LogP contribution in [0.1, 0.15) is 24.3 Å². The first-order chi connectivity index (χ1) is 13.6. The van der Waals surface area contributed by atoms with Gasteiger partial charge < -0.3 is 15.5 Å². The van der Waals surface area contributed by atoms with Crippen molar-refractivity contribution in [1.29, 1.82) is 0 Å². The van der Waals surface area contributed by atoms with Gasteiger partial charge in [0.1, 0.15) is 17.8 Å². The Morgan fingerprint density at radius 1 is 0.929 bits per heavy atom. The largest absolute Gasteiger partial charge is 0.327 e. The number of rotatable bonds is 6. The van der Waals surface area contributed by atoms with E-state index in [-0.39, 0.29) is 17.5 Å². The molecule has 142 valence electrons. The summed E-state index contributed by atoms with van der Waals surface area (Å²) in [6.07, 6.45) is 1.38. The number of aromatic nitrogens is 2. The molecular weight excluding hydrogens is 354 g/mol. The lowest BCUT2D eigenvalue weighted by atomic mass is 10.2. The van der Waals surface area contributed by atoms with E-state index in [0.717, 1.165) is 5.69 Å². The molecule has 0 aliphatic carbocycles. The molecule has 0 aliphatic rings. The first kappa shape index (κ1) is 19.0. The second kappa shape index (κ2) is 8.77. The fraction of sp³-hybridized carbons (Fsp3) is 0.143. The summed E-state index contributed by atoms with van der Waals surface area (Å²) >= 11 is 0. The summed E-state index contributed by atoms with van der Waals surface area (Å²) in [4.78, 5) is 34.1. The van der Waals surface area contributed by atoms with Gasteiger partial charge in [-0.15, -0.1) is 0 Å². The highest BCUT2D eigenvalue weighted by Gasteiger charge is 2.13. The molecule has 28 heavy (non-hydrogen) atoms. The van der Waals surface area contributed by atoms with Gasteiger partial charge in [-0.2, -0.15) is 0 Å². The molecule has 0 saturated carbocycles. The van der Waals surface area contributed by atoms with Crippen LogP contribution in [0.15, 0.2) is 67.0 Å². The Balaban J connectivity index is 1.76. The van der Waals surface area contributed by atoms with Crippen LogP contribution < -0.4 is 15.5 Å². The van der Waals surface area contributed by atoms with Gasteiger partial charge in [-0.1, -0.05) is 18.2 Å². The SMILES string of the molecule is CCN(c1ccccc1)c1cc(C(=O)Nc2ccc(NC(C)=O)cc2)ncn1. The van der Waals surface area contributed by atoms with Gasteiger partial charge in [-0.05, 0) is 43.3 Å². The van der Waals surface area contributed by atoms with Crippen molar-refractivity contribution in [3.63, 3.8) is 0 Å². The molecular formula is C21H21N5O2. The first-order valence-corrected chi connectivity index (χ1v) is 8.90. The second-order valence-electron chi connectivity index (χ2n) is 6.05. The van der Waals surface area contributed by atoms with Gasteiger partial charge in [0.05, 0.1) is 0 Å². The van der Waals surface area contributed by atoms with E-state index in [4.69, 9.17) is 0 Å². The summed E-state index contributed by atoms with van der Waals surface area (Å²) < 4.78 is 0. The lowest BCUT2D eigenvalue weighted by molar-refractivity contribution is -0.114. The van der Waals surface area contributed by atoms with Crippen molar-refractivity contribution in [2.24, 2.45) is 0 Å². The summed E-state index contributed by atoms with van der Waals surface area (Å²) in [6.45, 7) is 4.16. The van der Waals surface area contributed by atoms with Gasteiger partial charge in [0.25, 0.3) is 5.91 Å². The molecule has 2 amide bonds. The van der Waals surface area contributed by atoms with Crippen molar-refractivity contribution >= 4 is 34.7 Å². The predicted molar refractivity (Wildman–Crippen MR) is 110 cm³/mol. The van der Waals surface area contributed by atoms with Crippen molar-refractivity contribution in [3.8, 4) is 0 Å². The van der Waals surface area contributed by atoms with Crippen molar-refractivity contribution in [2.45, 2.75) is 13.8 Å². The summed E-state index contributed by atoms with van der Waals surface area (Å²) in [5.74, 6) is 0.166. The Bertz CT molecular complexity index is 958. The van der Waals surface area contributed by atoms with Crippen LogP contribution in [-0.4, -0.2) is 28.3 Å². The normalized spacial score (nSPS) is 10.2. The zero-order chi connectivity index (χ0) is 19.9. The van der Waals surface area contributed by atoms with Crippen LogP contribution >= 0.6 is 0 Å². The second-order valence-corrected chi connectivity index (χ2v) is 6.05. The smallest absolute Gasteiger partial charge is 0.274 e. The van der Waals surface area contributed by atoms with Gasteiger partial charge >= 0.3 is 0 Å². The zero-order valence-corrected chi connectivity index (χ0v) is 15.7. The molecule has 3 rings (SSSR count). The molecule has 0 aliphatic heterocycles. The number of anilines is 4. The molecule has 1 aromatic heterocycles. The van der Waals surface area contributed by atoms with Crippen LogP contribution in [0, 0.1) is 0 Å². The van der Waals surface area contributed by atoms with Gasteiger partial charge in [0.15, 0.2) is 0 Å². The molecule has 0 radical (unpaired) electrons. The lowest BCUT2D eigenvalue weighted by Crippen LogP contribution is -2.20. The van der Waals surface area contributed by atoms with E-state index in [1.807, 2.05) is 42.2 Å². The van der Waals surface area contributed by atoms with Crippen molar-refractivity contribution in [3.05, 3.63) is 72.7 Å². The Morgan fingerprint density at radius 3 is 2.18 bits per heavy atom.